The number of esters is 2. The largest absolute Gasteiger partial charge is 0.459 e. The van der Waals surface area contributed by atoms with Crippen LogP contribution in [0.25, 0.3) is 0 Å². The number of aromatic nitrogens is 2. The van der Waals surface area contributed by atoms with Gasteiger partial charge < -0.3 is 24.2 Å². The number of carbonyl (C=O) groups excluding carboxylic acids is 2. The van der Waals surface area contributed by atoms with Crippen molar-refractivity contribution in [2.24, 2.45) is 0 Å². The van der Waals surface area contributed by atoms with Crippen LogP contribution in [0.5, 0.6) is 0 Å². The van der Waals surface area contributed by atoms with Crippen LogP contribution in [-0.4, -0.2) is 101 Å². The lowest BCUT2D eigenvalue weighted by Crippen LogP contribution is -2.59. The minimum Gasteiger partial charge on any atom is -0.459 e. The molecule has 2 aliphatic heterocycles. The quantitative estimate of drug-likeness (QED) is 0.369. The van der Waals surface area contributed by atoms with Crippen molar-refractivity contribution >= 4 is 11.9 Å². The van der Waals surface area contributed by atoms with E-state index in [1.54, 1.807) is 60.7 Å². The molecule has 3 aromatic rings. The van der Waals surface area contributed by atoms with Gasteiger partial charge in [0, 0.05) is 44.5 Å². The fraction of sp³-hybridized carbons (Fsp3) is 0.400. The van der Waals surface area contributed by atoms with E-state index in [4.69, 9.17) is 14.2 Å². The molecule has 1 aromatic heterocycles. The number of aromatic amines is 1. The number of piperazine rings is 1. The third kappa shape index (κ3) is 6.21. The summed E-state index contributed by atoms with van der Waals surface area (Å²) >= 11 is 0. The number of ether oxygens (including phenoxy) is 3. The molecule has 12 nitrogen and oxygen atoms in total. The number of nitrogens with zero attached hydrogens (tertiary/aromatic N) is 3. The molecule has 2 saturated heterocycles. The molecule has 42 heavy (non-hydrogen) atoms. The highest BCUT2D eigenvalue weighted by atomic mass is 16.6. The SMILES string of the molecule is Cc1cn([C@@H]2O[C@@](COC(=O)c3ccccc3)(CN3CCN(C)CC3)[C@H](OC(=O)c3ccccc3)[C@H]2O)c(=O)[nH]c1=O. The van der Waals surface area contributed by atoms with Crippen LogP contribution >= 0.6 is 0 Å². The van der Waals surface area contributed by atoms with Gasteiger partial charge in [0.15, 0.2) is 17.9 Å². The number of nitrogens with one attached hydrogen (secondary N) is 1. The Hall–Kier alpha value is -4.10. The van der Waals surface area contributed by atoms with Gasteiger partial charge in [-0.1, -0.05) is 36.4 Å². The molecule has 0 saturated carbocycles. The first kappa shape index (κ1) is 29.4. The van der Waals surface area contributed by atoms with Gasteiger partial charge in [-0.2, -0.15) is 0 Å². The monoisotopic (exact) mass is 578 g/mol. The molecular weight excluding hydrogens is 544 g/mol. The standard InChI is InChI=1S/C30H34N4O8/c1-20-17-34(29(39)31-25(20)36)26-23(35)24(41-28(38)22-11-7-4-8-12-22)30(42-26,18-33-15-13-32(2)14-16-33)19-40-27(37)21-9-5-3-6-10-21/h3-12,17,23-24,26,35H,13-16,18-19H2,1-2H3,(H,31,36,39)/t23-,24-,26-,30-/m1/s1. The normalized spacial score (nSPS) is 24.8. The van der Waals surface area contributed by atoms with Crippen LogP contribution in [0.3, 0.4) is 0 Å². The molecular formula is C30H34N4O8. The lowest BCUT2D eigenvalue weighted by Gasteiger charge is -2.40. The van der Waals surface area contributed by atoms with E-state index >= 15 is 0 Å². The summed E-state index contributed by atoms with van der Waals surface area (Å²) in [6, 6.07) is 16.7. The molecule has 2 aromatic carbocycles. The minimum absolute atomic E-state index is 0.125. The number of hydrogen-bond acceptors (Lipinski definition) is 10. The third-order valence-corrected chi connectivity index (χ3v) is 7.68. The first-order chi connectivity index (χ1) is 20.2. The molecule has 0 radical (unpaired) electrons. The Labute approximate surface area is 242 Å². The van der Waals surface area contributed by atoms with Crippen molar-refractivity contribution in [3.05, 3.63) is 104 Å². The third-order valence-electron chi connectivity index (χ3n) is 7.68. The molecule has 0 spiro atoms. The van der Waals surface area contributed by atoms with Gasteiger partial charge in [-0.25, -0.2) is 14.4 Å². The fourth-order valence-corrected chi connectivity index (χ4v) is 5.29. The van der Waals surface area contributed by atoms with Crippen LogP contribution in [0.4, 0.5) is 0 Å². The average molecular weight is 579 g/mol. The van der Waals surface area contributed by atoms with Crippen LogP contribution < -0.4 is 11.2 Å². The molecule has 5 rings (SSSR count). The Kier molecular flexibility index (Phi) is 8.69. The number of rotatable bonds is 8. The maximum atomic E-state index is 13.3. The molecule has 2 aliphatic rings. The van der Waals surface area contributed by atoms with Crippen molar-refractivity contribution < 1.29 is 28.9 Å². The summed E-state index contributed by atoms with van der Waals surface area (Å²) in [6.07, 6.45) is -2.97. The van der Waals surface area contributed by atoms with Crippen LogP contribution in [0.2, 0.25) is 0 Å². The van der Waals surface area contributed by atoms with Gasteiger partial charge >= 0.3 is 17.6 Å². The highest BCUT2D eigenvalue weighted by molar-refractivity contribution is 5.90. The van der Waals surface area contributed by atoms with Crippen molar-refractivity contribution in [2.75, 3.05) is 46.4 Å². The summed E-state index contributed by atoms with van der Waals surface area (Å²) in [7, 11) is 2.01. The zero-order valence-corrected chi connectivity index (χ0v) is 23.5. The summed E-state index contributed by atoms with van der Waals surface area (Å²) in [4.78, 5) is 57.8. The Morgan fingerprint density at radius 3 is 2.19 bits per heavy atom. The van der Waals surface area contributed by atoms with Crippen LogP contribution in [0, 0.1) is 6.92 Å². The molecule has 0 bridgehead atoms. The van der Waals surface area contributed by atoms with E-state index in [2.05, 4.69) is 14.8 Å². The van der Waals surface area contributed by atoms with E-state index in [1.807, 2.05) is 7.05 Å². The molecule has 0 aliphatic carbocycles. The maximum absolute atomic E-state index is 13.3. The highest BCUT2D eigenvalue weighted by Gasteiger charge is 2.59. The van der Waals surface area contributed by atoms with Crippen molar-refractivity contribution in [1.29, 1.82) is 0 Å². The van der Waals surface area contributed by atoms with E-state index in [0.717, 1.165) is 17.7 Å². The highest BCUT2D eigenvalue weighted by Crippen LogP contribution is 2.40. The summed E-state index contributed by atoms with van der Waals surface area (Å²) in [6.45, 7) is 4.07. The van der Waals surface area contributed by atoms with Gasteiger partial charge in [0.2, 0.25) is 0 Å². The van der Waals surface area contributed by atoms with Crippen LogP contribution in [0.1, 0.15) is 32.5 Å². The number of aliphatic hydroxyl groups is 1. The smallest absolute Gasteiger partial charge is 0.338 e. The van der Waals surface area contributed by atoms with E-state index in [1.165, 1.54) is 13.1 Å². The lowest BCUT2D eigenvalue weighted by molar-refractivity contribution is -0.146. The van der Waals surface area contributed by atoms with Gasteiger partial charge in [-0.05, 0) is 38.2 Å². The van der Waals surface area contributed by atoms with Crippen LogP contribution in [-0.2, 0) is 14.2 Å². The second-order valence-corrected chi connectivity index (χ2v) is 10.8. The number of carbonyl (C=O) groups is 2. The molecule has 2 fully saturated rings. The Bertz CT molecular complexity index is 1520. The molecule has 12 heteroatoms. The molecule has 0 unspecified atom stereocenters. The first-order valence-corrected chi connectivity index (χ1v) is 13.7. The van der Waals surface area contributed by atoms with E-state index in [0.29, 0.717) is 18.7 Å². The number of aryl methyl sites for hydroxylation is 1. The average Bonchev–Trinajstić information content (AvgIpc) is 3.26. The van der Waals surface area contributed by atoms with Crippen molar-refractivity contribution in [3.8, 4) is 0 Å². The Morgan fingerprint density at radius 1 is 0.976 bits per heavy atom. The number of H-pyrrole nitrogens is 1. The van der Waals surface area contributed by atoms with Gasteiger partial charge in [-0.15, -0.1) is 0 Å². The van der Waals surface area contributed by atoms with E-state index < -0.39 is 47.2 Å². The second-order valence-electron chi connectivity index (χ2n) is 10.8. The maximum Gasteiger partial charge on any atom is 0.338 e. The van der Waals surface area contributed by atoms with Crippen molar-refractivity contribution in [1.82, 2.24) is 19.4 Å². The van der Waals surface area contributed by atoms with Crippen LogP contribution in [0.15, 0.2) is 76.4 Å². The van der Waals surface area contributed by atoms with Crippen molar-refractivity contribution in [2.45, 2.75) is 31.0 Å². The minimum atomic E-state index is -1.57. The predicted octanol–water partition coefficient (Wildman–Crippen LogP) is 0.804. The molecule has 2 N–H and O–H groups in total. The summed E-state index contributed by atoms with van der Waals surface area (Å²) in [5, 5.41) is 11.7. The Balaban J connectivity index is 1.54. The summed E-state index contributed by atoms with van der Waals surface area (Å²) in [5.74, 6) is -1.34. The van der Waals surface area contributed by atoms with E-state index in [9.17, 15) is 24.3 Å². The predicted molar refractivity (Wildman–Crippen MR) is 151 cm³/mol. The van der Waals surface area contributed by atoms with Gasteiger partial charge in [-0.3, -0.25) is 19.2 Å². The number of benzene rings is 2. The fourth-order valence-electron chi connectivity index (χ4n) is 5.29. The summed E-state index contributed by atoms with van der Waals surface area (Å²) < 4.78 is 19.2. The molecule has 3 heterocycles. The number of likely N-dealkylation sites (N-methyl/N-ethyl adjacent to an activating group) is 1. The van der Waals surface area contributed by atoms with Gasteiger partial charge in [0.1, 0.15) is 12.7 Å². The second kappa shape index (κ2) is 12.4. The zero-order chi connectivity index (χ0) is 29.9. The first-order valence-electron chi connectivity index (χ1n) is 13.7. The van der Waals surface area contributed by atoms with Gasteiger partial charge in [0.05, 0.1) is 11.1 Å². The summed E-state index contributed by atoms with van der Waals surface area (Å²) in [5.41, 5.74) is -2.17. The number of hydrogen-bond donors (Lipinski definition) is 2. The molecule has 4 atom stereocenters. The Morgan fingerprint density at radius 2 is 1.57 bits per heavy atom. The topological polar surface area (TPSA) is 143 Å². The molecule has 222 valence electrons. The lowest BCUT2D eigenvalue weighted by atomic mass is 9.94. The molecule has 0 amide bonds. The van der Waals surface area contributed by atoms with E-state index in [-0.39, 0.29) is 24.3 Å². The zero-order valence-electron chi connectivity index (χ0n) is 23.5. The van der Waals surface area contributed by atoms with Gasteiger partial charge in [0.25, 0.3) is 5.56 Å². The number of aliphatic hydroxyl groups excluding tert-OH is 1. The van der Waals surface area contributed by atoms with Crippen molar-refractivity contribution in [3.63, 3.8) is 0 Å².